The highest BCUT2D eigenvalue weighted by Crippen LogP contribution is 2.30. The number of hydrogen-bond donors (Lipinski definition) is 0. The van der Waals surface area contributed by atoms with Crippen LogP contribution in [0.4, 0.5) is 0 Å². The van der Waals surface area contributed by atoms with Crippen molar-refractivity contribution in [2.75, 3.05) is 19.7 Å². The number of unbranched alkanes of at least 4 members (excludes halogenated alkanes) is 1. The van der Waals surface area contributed by atoms with Gasteiger partial charge in [0.25, 0.3) is 0 Å². The Hall–Kier alpha value is -2.53. The fourth-order valence-corrected chi connectivity index (χ4v) is 4.06. The Bertz CT molecular complexity index is 983. The lowest BCUT2D eigenvalue weighted by atomic mass is 10.1. The third-order valence-corrected chi connectivity index (χ3v) is 5.69. The molecule has 1 aliphatic rings. The van der Waals surface area contributed by atoms with Crippen molar-refractivity contribution < 1.29 is 9.53 Å². The number of carbonyl (C=O) groups is 1. The van der Waals surface area contributed by atoms with Gasteiger partial charge < -0.3 is 14.2 Å². The fourth-order valence-electron chi connectivity index (χ4n) is 3.94. The van der Waals surface area contributed by atoms with E-state index in [2.05, 4.69) is 17.6 Å². The van der Waals surface area contributed by atoms with Gasteiger partial charge in [0, 0.05) is 30.5 Å². The molecule has 29 heavy (non-hydrogen) atoms. The van der Waals surface area contributed by atoms with E-state index in [0.717, 1.165) is 48.5 Å². The van der Waals surface area contributed by atoms with Gasteiger partial charge in [-0.3, -0.25) is 4.79 Å². The zero-order chi connectivity index (χ0) is 20.2. The SMILES string of the molecule is CCCCN1CC(c2nc3ccccc3n2CCOc2ccc(Cl)cc2)CC1=O. The van der Waals surface area contributed by atoms with Gasteiger partial charge in [-0.2, -0.15) is 0 Å². The van der Waals surface area contributed by atoms with Crippen LogP contribution in [0.3, 0.4) is 0 Å². The van der Waals surface area contributed by atoms with Crippen LogP contribution in [0.5, 0.6) is 5.75 Å². The van der Waals surface area contributed by atoms with Gasteiger partial charge in [0.1, 0.15) is 18.2 Å². The topological polar surface area (TPSA) is 47.4 Å². The number of amides is 1. The molecule has 6 heteroatoms. The van der Waals surface area contributed by atoms with Gasteiger partial charge in [0.2, 0.25) is 5.91 Å². The molecule has 4 rings (SSSR count). The van der Waals surface area contributed by atoms with E-state index >= 15 is 0 Å². The summed E-state index contributed by atoms with van der Waals surface area (Å²) in [7, 11) is 0. The summed E-state index contributed by atoms with van der Waals surface area (Å²) in [4.78, 5) is 19.4. The van der Waals surface area contributed by atoms with Gasteiger partial charge in [-0.15, -0.1) is 0 Å². The van der Waals surface area contributed by atoms with Crippen molar-refractivity contribution in [3.63, 3.8) is 0 Å². The fraction of sp³-hybridized carbons (Fsp3) is 0.391. The molecule has 0 N–H and O–H groups in total. The largest absolute Gasteiger partial charge is 0.492 e. The molecule has 1 amide bonds. The third-order valence-electron chi connectivity index (χ3n) is 5.44. The van der Waals surface area contributed by atoms with Crippen LogP contribution in [-0.4, -0.2) is 40.1 Å². The Balaban J connectivity index is 1.53. The van der Waals surface area contributed by atoms with Crippen LogP contribution in [0.1, 0.15) is 37.9 Å². The van der Waals surface area contributed by atoms with E-state index in [-0.39, 0.29) is 11.8 Å². The predicted octanol–water partition coefficient (Wildman–Crippen LogP) is 4.88. The average molecular weight is 412 g/mol. The van der Waals surface area contributed by atoms with E-state index in [4.69, 9.17) is 21.3 Å². The summed E-state index contributed by atoms with van der Waals surface area (Å²) in [6.45, 7) is 4.94. The van der Waals surface area contributed by atoms with Crippen molar-refractivity contribution in [2.45, 2.75) is 38.6 Å². The van der Waals surface area contributed by atoms with Crippen molar-refractivity contribution in [3.8, 4) is 5.75 Å². The quantitative estimate of drug-likeness (QED) is 0.530. The second kappa shape index (κ2) is 8.87. The molecule has 1 aromatic heterocycles. The summed E-state index contributed by atoms with van der Waals surface area (Å²) in [5, 5.41) is 0.693. The zero-order valence-corrected chi connectivity index (χ0v) is 17.4. The number of likely N-dealkylation sites (tertiary alicyclic amines) is 1. The first kappa shape index (κ1) is 19.8. The van der Waals surface area contributed by atoms with E-state index < -0.39 is 0 Å². The molecule has 1 unspecified atom stereocenters. The first-order valence-electron chi connectivity index (χ1n) is 10.3. The Morgan fingerprint density at radius 2 is 1.93 bits per heavy atom. The molecule has 1 saturated heterocycles. The number of ether oxygens (including phenoxy) is 1. The highest BCUT2D eigenvalue weighted by Gasteiger charge is 2.33. The van der Waals surface area contributed by atoms with Crippen molar-refractivity contribution in [2.24, 2.45) is 0 Å². The zero-order valence-electron chi connectivity index (χ0n) is 16.7. The second-order valence-corrected chi connectivity index (χ2v) is 7.94. The number of aromatic nitrogens is 2. The maximum atomic E-state index is 12.5. The number of nitrogens with zero attached hydrogens (tertiary/aromatic N) is 3. The molecular formula is C23H26ClN3O2. The van der Waals surface area contributed by atoms with Crippen molar-refractivity contribution >= 4 is 28.5 Å². The molecule has 0 spiro atoms. The van der Waals surface area contributed by atoms with E-state index in [0.29, 0.717) is 24.6 Å². The summed E-state index contributed by atoms with van der Waals surface area (Å²) >= 11 is 5.94. The van der Waals surface area contributed by atoms with E-state index in [1.165, 1.54) is 0 Å². The second-order valence-electron chi connectivity index (χ2n) is 7.51. The molecule has 2 aromatic carbocycles. The van der Waals surface area contributed by atoms with Gasteiger partial charge in [-0.05, 0) is 42.8 Å². The van der Waals surface area contributed by atoms with Crippen LogP contribution in [0.25, 0.3) is 11.0 Å². The molecule has 1 fully saturated rings. The summed E-state index contributed by atoms with van der Waals surface area (Å²) in [6.07, 6.45) is 2.67. The molecule has 1 aliphatic heterocycles. The highest BCUT2D eigenvalue weighted by molar-refractivity contribution is 6.30. The smallest absolute Gasteiger partial charge is 0.223 e. The number of fused-ring (bicyclic) bond motifs is 1. The molecule has 5 nitrogen and oxygen atoms in total. The predicted molar refractivity (Wildman–Crippen MR) is 116 cm³/mol. The number of para-hydroxylation sites is 2. The standard InChI is InChI=1S/C23H26ClN3O2/c1-2-3-12-26-16-17(15-22(26)28)23-25-20-6-4-5-7-21(20)27(23)13-14-29-19-10-8-18(24)9-11-19/h4-11,17H,2-3,12-16H2,1H3. The molecular weight excluding hydrogens is 386 g/mol. The lowest BCUT2D eigenvalue weighted by Crippen LogP contribution is -2.26. The molecule has 0 saturated carbocycles. The Morgan fingerprint density at radius 3 is 2.72 bits per heavy atom. The summed E-state index contributed by atoms with van der Waals surface area (Å²) in [5.41, 5.74) is 2.05. The van der Waals surface area contributed by atoms with Crippen molar-refractivity contribution in [1.29, 1.82) is 0 Å². The van der Waals surface area contributed by atoms with Gasteiger partial charge in [-0.1, -0.05) is 37.1 Å². The molecule has 0 bridgehead atoms. The van der Waals surface area contributed by atoms with E-state index in [1.54, 1.807) is 0 Å². The Kier molecular flexibility index (Phi) is 6.05. The first-order chi connectivity index (χ1) is 14.2. The maximum absolute atomic E-state index is 12.5. The van der Waals surface area contributed by atoms with E-state index in [9.17, 15) is 4.79 Å². The lowest BCUT2D eigenvalue weighted by Gasteiger charge is -2.17. The van der Waals surface area contributed by atoms with Gasteiger partial charge in [-0.25, -0.2) is 4.98 Å². The van der Waals surface area contributed by atoms with Crippen LogP contribution in [0.15, 0.2) is 48.5 Å². The van der Waals surface area contributed by atoms with Crippen LogP contribution in [-0.2, 0) is 11.3 Å². The number of halogens is 1. The number of hydrogen-bond acceptors (Lipinski definition) is 3. The Morgan fingerprint density at radius 1 is 1.14 bits per heavy atom. The van der Waals surface area contributed by atoms with Crippen LogP contribution >= 0.6 is 11.6 Å². The van der Waals surface area contributed by atoms with E-state index in [1.807, 2.05) is 47.4 Å². The molecule has 3 aromatic rings. The summed E-state index contributed by atoms with van der Waals surface area (Å²) in [5.74, 6) is 2.14. The van der Waals surface area contributed by atoms with Crippen LogP contribution < -0.4 is 4.74 Å². The minimum absolute atomic E-state index is 0.127. The molecule has 0 radical (unpaired) electrons. The minimum atomic E-state index is 0.127. The van der Waals surface area contributed by atoms with Crippen molar-refractivity contribution in [3.05, 3.63) is 59.4 Å². The minimum Gasteiger partial charge on any atom is -0.492 e. The van der Waals surface area contributed by atoms with Crippen LogP contribution in [0, 0.1) is 0 Å². The average Bonchev–Trinajstić information content (AvgIpc) is 3.28. The number of benzene rings is 2. The maximum Gasteiger partial charge on any atom is 0.223 e. The number of imidazole rings is 1. The summed E-state index contributed by atoms with van der Waals surface area (Å²) in [6, 6.07) is 15.5. The van der Waals surface area contributed by atoms with Crippen molar-refractivity contribution in [1.82, 2.24) is 14.5 Å². The molecule has 0 aliphatic carbocycles. The lowest BCUT2D eigenvalue weighted by molar-refractivity contribution is -0.127. The first-order valence-corrected chi connectivity index (χ1v) is 10.6. The summed E-state index contributed by atoms with van der Waals surface area (Å²) < 4.78 is 8.13. The Labute approximate surface area is 176 Å². The normalized spacial score (nSPS) is 16.7. The van der Waals surface area contributed by atoms with Gasteiger partial charge >= 0.3 is 0 Å². The molecule has 152 valence electrons. The number of rotatable bonds is 8. The monoisotopic (exact) mass is 411 g/mol. The molecule has 2 heterocycles. The van der Waals surface area contributed by atoms with Gasteiger partial charge in [0.15, 0.2) is 0 Å². The molecule has 1 atom stereocenters. The van der Waals surface area contributed by atoms with Gasteiger partial charge in [0.05, 0.1) is 17.6 Å². The third kappa shape index (κ3) is 4.40. The highest BCUT2D eigenvalue weighted by atomic mass is 35.5. The number of carbonyl (C=O) groups excluding carboxylic acids is 1. The van der Waals surface area contributed by atoms with Crippen LogP contribution in [0.2, 0.25) is 5.02 Å².